The van der Waals surface area contributed by atoms with E-state index in [-0.39, 0.29) is 17.0 Å². The molecular formula is C16H30O2. The summed E-state index contributed by atoms with van der Waals surface area (Å²) in [6.07, 6.45) is 5.12. The summed E-state index contributed by atoms with van der Waals surface area (Å²) in [5.41, 5.74) is 0.205. The molecule has 0 radical (unpaired) electrons. The van der Waals surface area contributed by atoms with Crippen molar-refractivity contribution in [3.63, 3.8) is 0 Å². The molecule has 0 unspecified atom stereocenters. The molecule has 0 saturated heterocycles. The van der Waals surface area contributed by atoms with Crippen molar-refractivity contribution < 1.29 is 9.59 Å². The smallest absolute Gasteiger partial charge is 0.133 e. The van der Waals surface area contributed by atoms with Crippen LogP contribution in [0.25, 0.3) is 0 Å². The summed E-state index contributed by atoms with van der Waals surface area (Å²) >= 11 is 0. The highest BCUT2D eigenvalue weighted by molar-refractivity contribution is 5.85. The molecule has 106 valence electrons. The van der Waals surface area contributed by atoms with E-state index in [0.717, 1.165) is 19.3 Å². The quantitative estimate of drug-likeness (QED) is 0.604. The lowest BCUT2D eigenvalue weighted by atomic mass is 9.89. The molecule has 0 bridgehead atoms. The number of rotatable bonds is 9. The molecule has 0 atom stereocenters. The Morgan fingerprint density at radius 1 is 0.889 bits per heavy atom. The highest BCUT2D eigenvalue weighted by atomic mass is 16.1. The van der Waals surface area contributed by atoms with Gasteiger partial charge in [-0.1, -0.05) is 41.0 Å². The van der Waals surface area contributed by atoms with Gasteiger partial charge in [0.2, 0.25) is 0 Å². The van der Waals surface area contributed by atoms with Crippen molar-refractivity contribution in [2.24, 2.45) is 11.3 Å². The number of hydrogen-bond donors (Lipinski definition) is 0. The Bertz CT molecular complexity index is 259. The van der Waals surface area contributed by atoms with Gasteiger partial charge in [0.15, 0.2) is 0 Å². The van der Waals surface area contributed by atoms with Gasteiger partial charge in [0.25, 0.3) is 0 Å². The Morgan fingerprint density at radius 3 is 1.83 bits per heavy atom. The maximum atomic E-state index is 11.6. The largest absolute Gasteiger partial charge is 0.300 e. The average Bonchev–Trinajstić information content (AvgIpc) is 2.22. The number of Topliss-reactive ketones (excluding diaryl/α,β-unsaturated/α-hetero) is 2. The predicted molar refractivity (Wildman–Crippen MR) is 76.6 cm³/mol. The standard InChI is InChI=1S/C16H30O2/c1-13(2)7-6-8-14(17)9-10-15(18)11-12-16(3,4)5/h13H,6-12H2,1-5H3. The average molecular weight is 254 g/mol. The zero-order valence-electron chi connectivity index (χ0n) is 12.8. The highest BCUT2D eigenvalue weighted by Gasteiger charge is 2.13. The predicted octanol–water partition coefficient (Wildman–Crippen LogP) is 4.56. The lowest BCUT2D eigenvalue weighted by Crippen LogP contribution is -2.10. The monoisotopic (exact) mass is 254 g/mol. The minimum atomic E-state index is 0.205. The van der Waals surface area contributed by atoms with Gasteiger partial charge in [-0.15, -0.1) is 0 Å². The number of ketones is 2. The van der Waals surface area contributed by atoms with Crippen LogP contribution in [0, 0.1) is 11.3 Å². The topological polar surface area (TPSA) is 34.1 Å². The summed E-state index contributed by atoms with van der Waals surface area (Å²) in [7, 11) is 0. The fourth-order valence-electron chi connectivity index (χ4n) is 1.75. The zero-order valence-corrected chi connectivity index (χ0v) is 12.8. The van der Waals surface area contributed by atoms with Crippen molar-refractivity contribution in [1.29, 1.82) is 0 Å². The second-order valence-corrected chi connectivity index (χ2v) is 6.92. The molecule has 0 amide bonds. The number of hydrogen-bond acceptors (Lipinski definition) is 2. The Labute approximate surface area is 113 Å². The van der Waals surface area contributed by atoms with Gasteiger partial charge in [-0.2, -0.15) is 0 Å². The fourth-order valence-corrected chi connectivity index (χ4v) is 1.75. The van der Waals surface area contributed by atoms with E-state index in [0.29, 0.717) is 31.6 Å². The Kier molecular flexibility index (Phi) is 8.13. The van der Waals surface area contributed by atoms with E-state index in [1.54, 1.807) is 0 Å². The zero-order chi connectivity index (χ0) is 14.2. The van der Waals surface area contributed by atoms with Crippen LogP contribution in [0.5, 0.6) is 0 Å². The van der Waals surface area contributed by atoms with Gasteiger partial charge in [0.05, 0.1) is 0 Å². The lowest BCUT2D eigenvalue weighted by molar-refractivity contribution is -0.124. The first-order valence-electron chi connectivity index (χ1n) is 7.24. The summed E-state index contributed by atoms with van der Waals surface area (Å²) in [6, 6.07) is 0. The maximum absolute atomic E-state index is 11.6. The highest BCUT2D eigenvalue weighted by Crippen LogP contribution is 2.21. The minimum Gasteiger partial charge on any atom is -0.300 e. The van der Waals surface area contributed by atoms with E-state index in [1.165, 1.54) is 0 Å². The van der Waals surface area contributed by atoms with E-state index in [1.807, 2.05) is 0 Å². The molecule has 0 rings (SSSR count). The van der Waals surface area contributed by atoms with E-state index in [2.05, 4.69) is 34.6 Å². The summed E-state index contributed by atoms with van der Waals surface area (Å²) in [5, 5.41) is 0. The molecule has 0 spiro atoms. The second-order valence-electron chi connectivity index (χ2n) is 6.92. The van der Waals surface area contributed by atoms with Gasteiger partial charge in [0, 0.05) is 25.7 Å². The van der Waals surface area contributed by atoms with Crippen molar-refractivity contribution in [3.05, 3.63) is 0 Å². The van der Waals surface area contributed by atoms with Gasteiger partial charge in [-0.25, -0.2) is 0 Å². The van der Waals surface area contributed by atoms with E-state index in [4.69, 9.17) is 0 Å². The van der Waals surface area contributed by atoms with Gasteiger partial charge in [-0.3, -0.25) is 9.59 Å². The molecule has 0 aliphatic carbocycles. The molecule has 18 heavy (non-hydrogen) atoms. The van der Waals surface area contributed by atoms with Crippen molar-refractivity contribution in [3.8, 4) is 0 Å². The molecule has 2 nitrogen and oxygen atoms in total. The SMILES string of the molecule is CC(C)CCCC(=O)CCC(=O)CCC(C)(C)C. The summed E-state index contributed by atoms with van der Waals surface area (Å²) in [4.78, 5) is 23.2. The molecule has 0 aromatic carbocycles. The van der Waals surface area contributed by atoms with Crippen LogP contribution in [0.4, 0.5) is 0 Å². The molecule has 0 aliphatic rings. The molecule has 0 aromatic rings. The van der Waals surface area contributed by atoms with Gasteiger partial charge in [-0.05, 0) is 24.2 Å². The molecule has 0 N–H and O–H groups in total. The van der Waals surface area contributed by atoms with Gasteiger partial charge >= 0.3 is 0 Å². The van der Waals surface area contributed by atoms with Crippen LogP contribution in [-0.4, -0.2) is 11.6 Å². The van der Waals surface area contributed by atoms with Crippen molar-refractivity contribution in [2.45, 2.75) is 79.6 Å². The molecule has 2 heteroatoms. The van der Waals surface area contributed by atoms with Gasteiger partial charge in [0.1, 0.15) is 11.6 Å². The van der Waals surface area contributed by atoms with E-state index >= 15 is 0 Å². The summed E-state index contributed by atoms with van der Waals surface area (Å²) in [5.74, 6) is 1.15. The van der Waals surface area contributed by atoms with Crippen molar-refractivity contribution in [1.82, 2.24) is 0 Å². The van der Waals surface area contributed by atoms with Crippen LogP contribution in [0.2, 0.25) is 0 Å². The third-order valence-electron chi connectivity index (χ3n) is 3.07. The number of carbonyl (C=O) groups excluding carboxylic acids is 2. The van der Waals surface area contributed by atoms with Crippen LogP contribution >= 0.6 is 0 Å². The first kappa shape index (κ1) is 17.3. The Hall–Kier alpha value is -0.660. The molecular weight excluding hydrogens is 224 g/mol. The van der Waals surface area contributed by atoms with Crippen LogP contribution in [-0.2, 0) is 9.59 Å². The van der Waals surface area contributed by atoms with Crippen LogP contribution in [0.3, 0.4) is 0 Å². The number of carbonyl (C=O) groups is 2. The second kappa shape index (κ2) is 8.44. The minimum absolute atomic E-state index is 0.205. The first-order valence-corrected chi connectivity index (χ1v) is 7.24. The van der Waals surface area contributed by atoms with Crippen LogP contribution in [0.1, 0.15) is 79.6 Å². The third kappa shape index (κ3) is 11.8. The first-order chi connectivity index (χ1) is 8.20. The summed E-state index contributed by atoms with van der Waals surface area (Å²) < 4.78 is 0. The molecule has 0 heterocycles. The molecule has 0 fully saturated rings. The van der Waals surface area contributed by atoms with Crippen LogP contribution < -0.4 is 0 Å². The summed E-state index contributed by atoms with van der Waals surface area (Å²) in [6.45, 7) is 10.7. The molecule has 0 aromatic heterocycles. The Morgan fingerprint density at radius 2 is 1.39 bits per heavy atom. The van der Waals surface area contributed by atoms with Crippen molar-refractivity contribution >= 4 is 11.6 Å². The van der Waals surface area contributed by atoms with Crippen molar-refractivity contribution in [2.75, 3.05) is 0 Å². The normalized spacial score (nSPS) is 11.9. The molecule has 0 saturated carbocycles. The molecule has 0 aliphatic heterocycles. The Balaban J connectivity index is 3.63. The third-order valence-corrected chi connectivity index (χ3v) is 3.07. The van der Waals surface area contributed by atoms with E-state index < -0.39 is 0 Å². The fraction of sp³-hybridized carbons (Fsp3) is 0.875. The van der Waals surface area contributed by atoms with Crippen LogP contribution in [0.15, 0.2) is 0 Å². The lowest BCUT2D eigenvalue weighted by Gasteiger charge is -2.16. The van der Waals surface area contributed by atoms with Gasteiger partial charge < -0.3 is 0 Å². The van der Waals surface area contributed by atoms with E-state index in [9.17, 15) is 9.59 Å². The maximum Gasteiger partial charge on any atom is 0.133 e.